The highest BCUT2D eigenvalue weighted by Gasteiger charge is 2.11. The maximum atomic E-state index is 5.52. The van der Waals surface area contributed by atoms with Crippen LogP contribution in [0.25, 0.3) is 6.08 Å². The molecule has 0 saturated heterocycles. The van der Waals surface area contributed by atoms with Gasteiger partial charge in [-0.2, -0.15) is 15.1 Å². The van der Waals surface area contributed by atoms with E-state index in [1.807, 2.05) is 60.7 Å². The SMILES string of the molecule is C=Cc1ccc(Cn2nc(Cc3ccccc3)nc2N=C(N)N)cc1. The Morgan fingerprint density at radius 2 is 1.76 bits per heavy atom. The minimum atomic E-state index is -0.0399. The smallest absolute Gasteiger partial charge is 0.251 e. The molecular formula is C19H20N6. The molecule has 6 nitrogen and oxygen atoms in total. The lowest BCUT2D eigenvalue weighted by atomic mass is 10.1. The average Bonchev–Trinajstić information content (AvgIpc) is 2.96. The van der Waals surface area contributed by atoms with Crippen LogP contribution in [0, 0.1) is 0 Å². The van der Waals surface area contributed by atoms with Gasteiger partial charge in [0.1, 0.15) is 0 Å². The van der Waals surface area contributed by atoms with Crippen molar-refractivity contribution in [2.45, 2.75) is 13.0 Å². The van der Waals surface area contributed by atoms with Crippen LogP contribution in [0.2, 0.25) is 0 Å². The zero-order valence-corrected chi connectivity index (χ0v) is 13.8. The van der Waals surface area contributed by atoms with Crippen LogP contribution in [-0.4, -0.2) is 20.7 Å². The van der Waals surface area contributed by atoms with Crippen LogP contribution in [-0.2, 0) is 13.0 Å². The predicted molar refractivity (Wildman–Crippen MR) is 100 cm³/mol. The molecule has 0 atom stereocenters. The zero-order chi connectivity index (χ0) is 17.6. The second kappa shape index (κ2) is 7.44. The van der Waals surface area contributed by atoms with Gasteiger partial charge in [0.2, 0.25) is 0 Å². The molecule has 1 aromatic heterocycles. The van der Waals surface area contributed by atoms with E-state index in [0.717, 1.165) is 16.7 Å². The summed E-state index contributed by atoms with van der Waals surface area (Å²) in [6.45, 7) is 4.29. The van der Waals surface area contributed by atoms with Crippen molar-refractivity contribution in [2.24, 2.45) is 16.5 Å². The summed E-state index contributed by atoms with van der Waals surface area (Å²) in [6.07, 6.45) is 2.43. The van der Waals surface area contributed by atoms with E-state index in [1.54, 1.807) is 4.68 Å². The third kappa shape index (κ3) is 4.32. The van der Waals surface area contributed by atoms with Crippen molar-refractivity contribution in [3.63, 3.8) is 0 Å². The van der Waals surface area contributed by atoms with Gasteiger partial charge in [0.05, 0.1) is 6.54 Å². The normalized spacial score (nSPS) is 10.4. The van der Waals surface area contributed by atoms with E-state index in [9.17, 15) is 0 Å². The summed E-state index contributed by atoms with van der Waals surface area (Å²) in [5.74, 6) is 1.04. The molecule has 0 fully saturated rings. The van der Waals surface area contributed by atoms with Crippen LogP contribution in [0.15, 0.2) is 66.2 Å². The molecule has 6 heteroatoms. The first-order chi connectivity index (χ1) is 12.1. The highest BCUT2D eigenvalue weighted by Crippen LogP contribution is 2.15. The zero-order valence-electron chi connectivity index (χ0n) is 13.8. The van der Waals surface area contributed by atoms with Crippen LogP contribution >= 0.6 is 0 Å². The lowest BCUT2D eigenvalue weighted by molar-refractivity contribution is 0.678. The topological polar surface area (TPSA) is 95.1 Å². The number of nitrogens with two attached hydrogens (primary N) is 2. The van der Waals surface area contributed by atoms with E-state index < -0.39 is 0 Å². The van der Waals surface area contributed by atoms with Gasteiger partial charge in [0, 0.05) is 6.42 Å². The van der Waals surface area contributed by atoms with Crippen LogP contribution in [0.3, 0.4) is 0 Å². The lowest BCUT2D eigenvalue weighted by Gasteiger charge is -2.04. The lowest BCUT2D eigenvalue weighted by Crippen LogP contribution is -2.22. The molecule has 0 amide bonds. The Labute approximate surface area is 146 Å². The number of hydrogen-bond donors (Lipinski definition) is 2. The van der Waals surface area contributed by atoms with E-state index in [0.29, 0.717) is 24.7 Å². The quantitative estimate of drug-likeness (QED) is 0.535. The monoisotopic (exact) mass is 332 g/mol. The molecule has 0 aliphatic heterocycles. The molecular weight excluding hydrogens is 312 g/mol. The molecule has 2 aromatic carbocycles. The third-order valence-corrected chi connectivity index (χ3v) is 3.68. The second-order valence-electron chi connectivity index (χ2n) is 5.63. The van der Waals surface area contributed by atoms with Gasteiger partial charge in [-0.3, -0.25) is 0 Å². The average molecular weight is 332 g/mol. The van der Waals surface area contributed by atoms with Crippen LogP contribution in [0.5, 0.6) is 0 Å². The van der Waals surface area contributed by atoms with Crippen molar-refractivity contribution < 1.29 is 0 Å². The van der Waals surface area contributed by atoms with E-state index in [-0.39, 0.29) is 5.96 Å². The van der Waals surface area contributed by atoms with Crippen molar-refractivity contribution in [1.82, 2.24) is 14.8 Å². The molecule has 3 aromatic rings. The number of benzene rings is 2. The molecule has 0 spiro atoms. The Bertz CT molecular complexity index is 874. The van der Waals surface area contributed by atoms with Crippen molar-refractivity contribution in [1.29, 1.82) is 0 Å². The van der Waals surface area contributed by atoms with E-state index in [4.69, 9.17) is 11.5 Å². The van der Waals surface area contributed by atoms with Gasteiger partial charge in [0.25, 0.3) is 5.95 Å². The molecule has 126 valence electrons. The Balaban J connectivity index is 1.87. The Hall–Kier alpha value is -3.41. The van der Waals surface area contributed by atoms with Crippen LogP contribution in [0.4, 0.5) is 5.95 Å². The summed E-state index contributed by atoms with van der Waals surface area (Å²) >= 11 is 0. The van der Waals surface area contributed by atoms with Gasteiger partial charge in [-0.15, -0.1) is 0 Å². The fraction of sp³-hybridized carbons (Fsp3) is 0.105. The first-order valence-electron chi connectivity index (χ1n) is 7.92. The molecule has 0 aliphatic rings. The van der Waals surface area contributed by atoms with Crippen LogP contribution in [0.1, 0.15) is 22.5 Å². The summed E-state index contributed by atoms with van der Waals surface area (Å²) in [6, 6.07) is 18.1. The molecule has 3 rings (SSSR count). The maximum Gasteiger partial charge on any atom is 0.251 e. The van der Waals surface area contributed by atoms with Crippen molar-refractivity contribution >= 4 is 18.0 Å². The number of rotatable bonds is 6. The van der Waals surface area contributed by atoms with E-state index in [2.05, 4.69) is 21.7 Å². The Kier molecular flexibility index (Phi) is 4.89. The maximum absolute atomic E-state index is 5.52. The molecule has 1 heterocycles. The highest BCUT2D eigenvalue weighted by atomic mass is 15.4. The molecule has 0 unspecified atom stereocenters. The van der Waals surface area contributed by atoms with Crippen molar-refractivity contribution in [3.8, 4) is 0 Å². The summed E-state index contributed by atoms with van der Waals surface area (Å²) in [5, 5.41) is 4.56. The molecule has 4 N–H and O–H groups in total. The Morgan fingerprint density at radius 1 is 1.04 bits per heavy atom. The van der Waals surface area contributed by atoms with Gasteiger partial charge in [0.15, 0.2) is 11.8 Å². The predicted octanol–water partition coefficient (Wildman–Crippen LogP) is 2.47. The molecule has 0 aliphatic carbocycles. The first kappa shape index (κ1) is 16.4. The minimum absolute atomic E-state index is 0.0399. The summed E-state index contributed by atoms with van der Waals surface area (Å²) < 4.78 is 1.71. The first-order valence-corrected chi connectivity index (χ1v) is 7.92. The van der Waals surface area contributed by atoms with E-state index in [1.165, 1.54) is 0 Å². The number of nitrogens with zero attached hydrogens (tertiary/aromatic N) is 4. The van der Waals surface area contributed by atoms with E-state index >= 15 is 0 Å². The fourth-order valence-corrected chi connectivity index (χ4v) is 2.47. The molecule has 0 bridgehead atoms. The van der Waals surface area contributed by atoms with Crippen LogP contribution < -0.4 is 11.5 Å². The van der Waals surface area contributed by atoms with Gasteiger partial charge < -0.3 is 11.5 Å². The minimum Gasteiger partial charge on any atom is -0.370 e. The molecule has 0 saturated carbocycles. The van der Waals surface area contributed by atoms with Gasteiger partial charge in [-0.05, 0) is 16.7 Å². The highest BCUT2D eigenvalue weighted by molar-refractivity contribution is 5.77. The fourth-order valence-electron chi connectivity index (χ4n) is 2.47. The summed E-state index contributed by atoms with van der Waals surface area (Å²) in [4.78, 5) is 8.56. The van der Waals surface area contributed by atoms with Gasteiger partial charge in [-0.25, -0.2) is 4.68 Å². The largest absolute Gasteiger partial charge is 0.370 e. The number of guanidine groups is 1. The second-order valence-corrected chi connectivity index (χ2v) is 5.63. The van der Waals surface area contributed by atoms with Crippen molar-refractivity contribution in [3.05, 3.63) is 83.7 Å². The molecule has 0 radical (unpaired) electrons. The standard InChI is InChI=1S/C19H20N6/c1-2-14-8-10-16(11-9-14)13-25-19(23-18(20)21)22-17(24-25)12-15-6-4-3-5-7-15/h2-11H,1,12-13H2,(H4,20,21,22,23,24). The van der Waals surface area contributed by atoms with Gasteiger partial charge >= 0.3 is 0 Å². The molecule has 25 heavy (non-hydrogen) atoms. The van der Waals surface area contributed by atoms with Crippen molar-refractivity contribution in [2.75, 3.05) is 0 Å². The van der Waals surface area contributed by atoms with Gasteiger partial charge in [-0.1, -0.05) is 67.3 Å². The number of aliphatic imine (C=N–C) groups is 1. The number of aromatic nitrogens is 3. The number of hydrogen-bond acceptors (Lipinski definition) is 3. The summed E-state index contributed by atoms with van der Waals surface area (Å²) in [7, 11) is 0. The summed E-state index contributed by atoms with van der Waals surface area (Å²) in [5.41, 5.74) is 14.3. The third-order valence-electron chi connectivity index (χ3n) is 3.68. The Morgan fingerprint density at radius 3 is 2.40 bits per heavy atom.